The lowest BCUT2D eigenvalue weighted by atomic mass is 9.93. The smallest absolute Gasteiger partial charge is 0.251 e. The SMILES string of the molecule is O=C1CSc2ccc(C(=O)NC3CCC(O)CC3)cc2N1. The van der Waals surface area contributed by atoms with Gasteiger partial charge in [0, 0.05) is 16.5 Å². The lowest BCUT2D eigenvalue weighted by Gasteiger charge is -2.26. The molecule has 3 rings (SSSR count). The van der Waals surface area contributed by atoms with E-state index in [0.29, 0.717) is 17.0 Å². The molecule has 1 aliphatic heterocycles. The summed E-state index contributed by atoms with van der Waals surface area (Å²) in [7, 11) is 0. The minimum atomic E-state index is -0.228. The van der Waals surface area contributed by atoms with E-state index in [2.05, 4.69) is 10.6 Å². The summed E-state index contributed by atoms with van der Waals surface area (Å²) in [5.41, 5.74) is 1.27. The van der Waals surface area contributed by atoms with Gasteiger partial charge in [0.15, 0.2) is 0 Å². The van der Waals surface area contributed by atoms with E-state index in [4.69, 9.17) is 0 Å². The summed E-state index contributed by atoms with van der Waals surface area (Å²) >= 11 is 1.48. The van der Waals surface area contributed by atoms with Gasteiger partial charge < -0.3 is 15.7 Å². The van der Waals surface area contributed by atoms with Crippen molar-refractivity contribution in [1.29, 1.82) is 0 Å². The van der Waals surface area contributed by atoms with E-state index in [0.717, 1.165) is 30.6 Å². The van der Waals surface area contributed by atoms with Crippen LogP contribution in [0.4, 0.5) is 5.69 Å². The minimum Gasteiger partial charge on any atom is -0.393 e. The van der Waals surface area contributed by atoms with Crippen LogP contribution in [0.5, 0.6) is 0 Å². The first-order valence-corrected chi connectivity index (χ1v) is 8.16. The fourth-order valence-corrected chi connectivity index (χ4v) is 3.50. The molecule has 0 radical (unpaired) electrons. The van der Waals surface area contributed by atoms with Crippen molar-refractivity contribution >= 4 is 29.3 Å². The van der Waals surface area contributed by atoms with Gasteiger partial charge in [0.25, 0.3) is 5.91 Å². The molecule has 2 aliphatic rings. The molecule has 0 unspecified atom stereocenters. The van der Waals surface area contributed by atoms with E-state index in [9.17, 15) is 14.7 Å². The zero-order chi connectivity index (χ0) is 14.8. The van der Waals surface area contributed by atoms with E-state index in [1.807, 2.05) is 6.07 Å². The summed E-state index contributed by atoms with van der Waals surface area (Å²) in [6.07, 6.45) is 2.87. The van der Waals surface area contributed by atoms with Crippen LogP contribution < -0.4 is 10.6 Å². The van der Waals surface area contributed by atoms with Crippen molar-refractivity contribution in [3.8, 4) is 0 Å². The van der Waals surface area contributed by atoms with Gasteiger partial charge in [0.05, 0.1) is 17.5 Å². The third-order valence-corrected chi connectivity index (χ3v) is 4.98. The van der Waals surface area contributed by atoms with Crippen LogP contribution >= 0.6 is 11.8 Å². The van der Waals surface area contributed by atoms with Crippen molar-refractivity contribution in [2.75, 3.05) is 11.1 Å². The first-order chi connectivity index (χ1) is 10.1. The number of anilines is 1. The number of fused-ring (bicyclic) bond motifs is 1. The molecule has 5 nitrogen and oxygen atoms in total. The molecule has 1 aromatic carbocycles. The quantitative estimate of drug-likeness (QED) is 0.778. The Morgan fingerprint density at radius 3 is 2.81 bits per heavy atom. The van der Waals surface area contributed by atoms with Crippen LogP contribution in [0.25, 0.3) is 0 Å². The topological polar surface area (TPSA) is 78.4 Å². The molecule has 0 atom stereocenters. The summed E-state index contributed by atoms with van der Waals surface area (Å²) in [6, 6.07) is 5.52. The number of aliphatic hydroxyl groups is 1. The van der Waals surface area contributed by atoms with Gasteiger partial charge in [0.1, 0.15) is 0 Å². The number of nitrogens with one attached hydrogen (secondary N) is 2. The predicted octanol–water partition coefficient (Wildman–Crippen LogP) is 1.76. The fourth-order valence-electron chi connectivity index (χ4n) is 2.71. The van der Waals surface area contributed by atoms with Crippen LogP contribution in [-0.4, -0.2) is 34.8 Å². The van der Waals surface area contributed by atoms with Gasteiger partial charge in [-0.2, -0.15) is 0 Å². The average Bonchev–Trinajstić information content (AvgIpc) is 2.48. The van der Waals surface area contributed by atoms with E-state index in [1.54, 1.807) is 12.1 Å². The molecule has 1 fully saturated rings. The third-order valence-electron chi connectivity index (χ3n) is 3.91. The predicted molar refractivity (Wildman–Crippen MR) is 81.5 cm³/mol. The number of hydrogen-bond donors (Lipinski definition) is 3. The number of hydrogen-bond acceptors (Lipinski definition) is 4. The fraction of sp³-hybridized carbons (Fsp3) is 0.467. The van der Waals surface area contributed by atoms with Crippen LogP contribution in [-0.2, 0) is 4.79 Å². The Morgan fingerprint density at radius 1 is 1.29 bits per heavy atom. The number of carbonyl (C=O) groups is 2. The first-order valence-electron chi connectivity index (χ1n) is 7.17. The zero-order valence-electron chi connectivity index (χ0n) is 11.6. The van der Waals surface area contributed by atoms with Crippen LogP contribution in [0.15, 0.2) is 23.1 Å². The highest BCUT2D eigenvalue weighted by Crippen LogP contribution is 2.32. The summed E-state index contributed by atoms with van der Waals surface area (Å²) in [4.78, 5) is 24.7. The van der Waals surface area contributed by atoms with Gasteiger partial charge in [-0.15, -0.1) is 11.8 Å². The molecule has 1 aromatic rings. The number of aliphatic hydroxyl groups excluding tert-OH is 1. The lowest BCUT2D eigenvalue weighted by Crippen LogP contribution is -2.38. The van der Waals surface area contributed by atoms with E-state index in [-0.39, 0.29) is 24.0 Å². The Bertz CT molecular complexity index is 568. The summed E-state index contributed by atoms with van der Waals surface area (Å²) in [6.45, 7) is 0. The molecule has 21 heavy (non-hydrogen) atoms. The Labute approximate surface area is 127 Å². The van der Waals surface area contributed by atoms with Crippen molar-refractivity contribution in [3.63, 3.8) is 0 Å². The van der Waals surface area contributed by atoms with Crippen molar-refractivity contribution in [1.82, 2.24) is 5.32 Å². The number of rotatable bonds is 2. The second-order valence-corrected chi connectivity index (χ2v) is 6.54. The van der Waals surface area contributed by atoms with E-state index in [1.165, 1.54) is 11.8 Å². The van der Waals surface area contributed by atoms with Gasteiger partial charge in [-0.1, -0.05) is 0 Å². The van der Waals surface area contributed by atoms with Crippen LogP contribution in [0.3, 0.4) is 0 Å². The molecule has 0 spiro atoms. The van der Waals surface area contributed by atoms with Gasteiger partial charge in [-0.25, -0.2) is 0 Å². The average molecular weight is 306 g/mol. The Hall–Kier alpha value is -1.53. The molecule has 2 amide bonds. The Balaban J connectivity index is 1.67. The van der Waals surface area contributed by atoms with Gasteiger partial charge in [0.2, 0.25) is 5.91 Å². The molecule has 112 valence electrons. The highest BCUT2D eigenvalue weighted by molar-refractivity contribution is 8.00. The number of benzene rings is 1. The maximum atomic E-state index is 12.3. The molecule has 0 aromatic heterocycles. The van der Waals surface area contributed by atoms with Crippen LogP contribution in [0, 0.1) is 0 Å². The Morgan fingerprint density at radius 2 is 2.05 bits per heavy atom. The number of thioether (sulfide) groups is 1. The van der Waals surface area contributed by atoms with Gasteiger partial charge in [-0.3, -0.25) is 9.59 Å². The Kier molecular flexibility index (Phi) is 4.17. The highest BCUT2D eigenvalue weighted by atomic mass is 32.2. The van der Waals surface area contributed by atoms with E-state index >= 15 is 0 Å². The van der Waals surface area contributed by atoms with Crippen LogP contribution in [0.1, 0.15) is 36.0 Å². The molecule has 6 heteroatoms. The highest BCUT2D eigenvalue weighted by Gasteiger charge is 2.22. The molecule has 3 N–H and O–H groups in total. The molecule has 1 aliphatic carbocycles. The monoisotopic (exact) mass is 306 g/mol. The molecule has 0 saturated heterocycles. The normalized spacial score (nSPS) is 24.9. The van der Waals surface area contributed by atoms with Gasteiger partial charge in [-0.05, 0) is 43.9 Å². The largest absolute Gasteiger partial charge is 0.393 e. The van der Waals surface area contributed by atoms with E-state index < -0.39 is 0 Å². The number of amides is 2. The third kappa shape index (κ3) is 3.39. The van der Waals surface area contributed by atoms with Crippen LogP contribution in [0.2, 0.25) is 0 Å². The lowest BCUT2D eigenvalue weighted by molar-refractivity contribution is -0.113. The maximum Gasteiger partial charge on any atom is 0.251 e. The molecule has 1 heterocycles. The molecule has 1 saturated carbocycles. The maximum absolute atomic E-state index is 12.3. The zero-order valence-corrected chi connectivity index (χ0v) is 12.4. The number of carbonyl (C=O) groups excluding carboxylic acids is 2. The summed E-state index contributed by atoms with van der Waals surface area (Å²) < 4.78 is 0. The first kappa shape index (κ1) is 14.4. The summed E-state index contributed by atoms with van der Waals surface area (Å²) in [5.74, 6) is 0.262. The minimum absolute atomic E-state index is 0.0358. The molecule has 0 bridgehead atoms. The van der Waals surface area contributed by atoms with Gasteiger partial charge >= 0.3 is 0 Å². The molecular weight excluding hydrogens is 288 g/mol. The van der Waals surface area contributed by atoms with Crippen molar-refractivity contribution in [3.05, 3.63) is 23.8 Å². The standard InChI is InChI=1S/C15H18N2O3S/c18-11-4-2-10(3-5-11)16-15(20)9-1-6-13-12(7-9)17-14(19)8-21-13/h1,6-7,10-11,18H,2-5,8H2,(H,16,20)(H,17,19). The van der Waals surface area contributed by atoms with Crippen molar-refractivity contribution < 1.29 is 14.7 Å². The summed E-state index contributed by atoms with van der Waals surface area (Å²) in [5, 5.41) is 15.3. The second kappa shape index (κ2) is 6.07. The second-order valence-electron chi connectivity index (χ2n) is 5.53. The molecular formula is C15H18N2O3S. The van der Waals surface area contributed by atoms with Crippen molar-refractivity contribution in [2.45, 2.75) is 42.7 Å². The van der Waals surface area contributed by atoms with Crippen molar-refractivity contribution in [2.24, 2.45) is 0 Å².